The van der Waals surface area contributed by atoms with Gasteiger partial charge in [0.25, 0.3) is 0 Å². The number of phenols is 1. The van der Waals surface area contributed by atoms with Crippen molar-refractivity contribution in [1.82, 2.24) is 15.5 Å². The van der Waals surface area contributed by atoms with Gasteiger partial charge >= 0.3 is 6.09 Å². The third-order valence-electron chi connectivity index (χ3n) is 7.74. The average molecular weight is 624 g/mol. The van der Waals surface area contributed by atoms with Gasteiger partial charge in [-0.3, -0.25) is 9.59 Å². The number of carbonyl (C=O) groups is 3. The Morgan fingerprint density at radius 1 is 0.800 bits per heavy atom. The second-order valence-corrected chi connectivity index (χ2v) is 12.9. The molecule has 0 saturated carbocycles. The van der Waals surface area contributed by atoms with E-state index in [0.29, 0.717) is 13.1 Å². The predicted octanol–water partition coefficient (Wildman–Crippen LogP) is 7.63. The van der Waals surface area contributed by atoms with Gasteiger partial charge in [-0.2, -0.15) is 0 Å². The molecule has 0 heterocycles. The second-order valence-electron chi connectivity index (χ2n) is 12.9. The molecule has 8 nitrogen and oxygen atoms in total. The number of phenolic OH excluding ortho intramolecular Hbond substituents is 1. The highest BCUT2D eigenvalue weighted by Gasteiger charge is 2.36. The van der Waals surface area contributed by atoms with Crippen molar-refractivity contribution in [3.8, 4) is 5.75 Å². The topological polar surface area (TPSA) is 108 Å². The molecule has 0 aliphatic carbocycles. The smallest absolute Gasteiger partial charge is 0.408 e. The summed E-state index contributed by atoms with van der Waals surface area (Å²) in [5, 5.41) is 15.7. The van der Waals surface area contributed by atoms with Gasteiger partial charge in [0.2, 0.25) is 11.8 Å². The van der Waals surface area contributed by atoms with E-state index < -0.39 is 23.8 Å². The summed E-state index contributed by atoms with van der Waals surface area (Å²) in [6.07, 6.45) is 9.42. The Morgan fingerprint density at radius 3 is 1.98 bits per heavy atom. The largest absolute Gasteiger partial charge is 0.508 e. The van der Waals surface area contributed by atoms with Crippen LogP contribution in [0.2, 0.25) is 0 Å². The lowest BCUT2D eigenvalue weighted by Crippen LogP contribution is -2.54. The molecule has 0 aliphatic rings. The van der Waals surface area contributed by atoms with E-state index in [4.69, 9.17) is 4.74 Å². The molecule has 0 bridgehead atoms. The van der Waals surface area contributed by atoms with E-state index >= 15 is 0 Å². The van der Waals surface area contributed by atoms with Crippen LogP contribution in [0.25, 0.3) is 0 Å². The molecule has 2 aromatic rings. The van der Waals surface area contributed by atoms with Crippen LogP contribution < -0.4 is 10.6 Å². The lowest BCUT2D eigenvalue weighted by molar-refractivity contribution is -0.142. The number of nitrogens with one attached hydrogen (secondary N) is 2. The van der Waals surface area contributed by atoms with Crippen molar-refractivity contribution in [1.29, 1.82) is 0 Å². The second kappa shape index (κ2) is 19.8. The third kappa shape index (κ3) is 14.0. The minimum atomic E-state index is -0.991. The summed E-state index contributed by atoms with van der Waals surface area (Å²) in [6, 6.07) is 12.6. The fraction of sp³-hybridized carbons (Fsp3) is 0.595. The first-order chi connectivity index (χ1) is 21.5. The van der Waals surface area contributed by atoms with Crippen molar-refractivity contribution in [3.05, 3.63) is 65.2 Å². The Kier molecular flexibility index (Phi) is 16.5. The summed E-state index contributed by atoms with van der Waals surface area (Å²) in [4.78, 5) is 43.3. The predicted molar refractivity (Wildman–Crippen MR) is 181 cm³/mol. The van der Waals surface area contributed by atoms with Gasteiger partial charge in [-0.25, -0.2) is 4.79 Å². The van der Waals surface area contributed by atoms with Crippen LogP contribution in [0.4, 0.5) is 4.79 Å². The molecular weight excluding hydrogens is 566 g/mol. The van der Waals surface area contributed by atoms with Crippen LogP contribution in [0.5, 0.6) is 5.75 Å². The van der Waals surface area contributed by atoms with E-state index in [1.54, 1.807) is 49.9 Å². The zero-order chi connectivity index (χ0) is 33.2. The highest BCUT2D eigenvalue weighted by atomic mass is 16.6. The average Bonchev–Trinajstić information content (AvgIpc) is 3.00. The number of benzene rings is 2. The van der Waals surface area contributed by atoms with Crippen molar-refractivity contribution in [3.63, 3.8) is 0 Å². The van der Waals surface area contributed by atoms with Crippen LogP contribution in [0, 0.1) is 0 Å². The van der Waals surface area contributed by atoms with Crippen LogP contribution in [-0.2, 0) is 27.2 Å². The number of alkyl carbamates (subject to hydrolysis) is 1. The normalized spacial score (nSPS) is 12.7. The van der Waals surface area contributed by atoms with Gasteiger partial charge in [-0.1, -0.05) is 102 Å². The summed E-state index contributed by atoms with van der Waals surface area (Å²) in [7, 11) is 0. The number of hydrogen-bond donors (Lipinski definition) is 3. The van der Waals surface area contributed by atoms with Crippen LogP contribution in [0.3, 0.4) is 0 Å². The van der Waals surface area contributed by atoms with Crippen molar-refractivity contribution in [2.45, 2.75) is 130 Å². The Bertz CT molecular complexity index is 1160. The molecule has 45 heavy (non-hydrogen) atoms. The maximum atomic E-state index is 14.6. The lowest BCUT2D eigenvalue weighted by atomic mass is 9.98. The molecule has 0 radical (unpaired) electrons. The van der Waals surface area contributed by atoms with Gasteiger partial charge in [0.1, 0.15) is 23.4 Å². The molecule has 250 valence electrons. The highest BCUT2D eigenvalue weighted by molar-refractivity contribution is 5.92. The number of amides is 3. The molecule has 2 rings (SSSR count). The van der Waals surface area contributed by atoms with Crippen molar-refractivity contribution >= 4 is 17.9 Å². The summed E-state index contributed by atoms with van der Waals surface area (Å²) < 4.78 is 5.55. The fourth-order valence-corrected chi connectivity index (χ4v) is 5.24. The zero-order valence-corrected chi connectivity index (χ0v) is 28.5. The van der Waals surface area contributed by atoms with Gasteiger partial charge in [0.15, 0.2) is 0 Å². The minimum Gasteiger partial charge on any atom is -0.508 e. The Balaban J connectivity index is 2.52. The van der Waals surface area contributed by atoms with Crippen LogP contribution in [-0.4, -0.2) is 52.6 Å². The van der Waals surface area contributed by atoms with Gasteiger partial charge in [-0.05, 0) is 68.9 Å². The molecule has 0 saturated heterocycles. The van der Waals surface area contributed by atoms with Gasteiger partial charge < -0.3 is 25.4 Å². The van der Waals surface area contributed by atoms with Gasteiger partial charge in [0.05, 0.1) is 0 Å². The van der Waals surface area contributed by atoms with Gasteiger partial charge in [0, 0.05) is 19.5 Å². The van der Waals surface area contributed by atoms with Crippen LogP contribution >= 0.6 is 0 Å². The first kappa shape index (κ1) is 37.6. The fourth-order valence-electron chi connectivity index (χ4n) is 5.24. The van der Waals surface area contributed by atoms with Gasteiger partial charge in [-0.15, -0.1) is 0 Å². The van der Waals surface area contributed by atoms with Crippen molar-refractivity contribution < 1.29 is 24.2 Å². The van der Waals surface area contributed by atoms with Crippen LogP contribution in [0.1, 0.15) is 122 Å². The molecule has 2 atom stereocenters. The zero-order valence-electron chi connectivity index (χ0n) is 28.5. The molecule has 8 heteroatoms. The summed E-state index contributed by atoms with van der Waals surface area (Å²) in [6.45, 7) is 12.6. The maximum absolute atomic E-state index is 14.6. The number of rotatable bonds is 19. The molecule has 0 fully saturated rings. The number of aryl methyl sites for hydroxylation is 1. The number of carbonyl (C=O) groups excluding carboxylic acids is 3. The lowest BCUT2D eigenvalue weighted by Gasteiger charge is -2.35. The molecule has 2 aromatic carbocycles. The summed E-state index contributed by atoms with van der Waals surface area (Å²) >= 11 is 0. The summed E-state index contributed by atoms with van der Waals surface area (Å²) in [5.74, 6) is -0.465. The quantitative estimate of drug-likeness (QED) is 0.140. The third-order valence-corrected chi connectivity index (χ3v) is 7.74. The number of aromatic hydroxyl groups is 1. The number of ether oxygens (including phenoxy) is 1. The number of unbranched alkanes of at least 4 members (excludes halogenated alkanes) is 7. The SMILES string of the molecule is CCCCCCCCN(C(=O)C(Cc1ccc(O)cc1)NC(=O)OC(C)(C)C)C(C(=O)NCCCCC)c1ccc(CC)cc1. The first-order valence-electron chi connectivity index (χ1n) is 16.9. The molecule has 3 N–H and O–H groups in total. The molecular formula is C37H57N3O5. The van der Waals surface area contributed by atoms with E-state index in [-0.39, 0.29) is 24.0 Å². The Morgan fingerprint density at radius 2 is 1.38 bits per heavy atom. The minimum absolute atomic E-state index is 0.113. The molecule has 3 amide bonds. The molecule has 0 aliphatic heterocycles. The van der Waals surface area contributed by atoms with Crippen molar-refractivity contribution in [2.75, 3.05) is 13.1 Å². The van der Waals surface area contributed by atoms with E-state index in [1.807, 2.05) is 24.3 Å². The molecule has 0 aromatic heterocycles. The number of nitrogens with zero attached hydrogens (tertiary/aromatic N) is 1. The van der Waals surface area contributed by atoms with E-state index in [1.165, 1.54) is 6.42 Å². The van der Waals surface area contributed by atoms with E-state index in [0.717, 1.165) is 74.5 Å². The Hall–Kier alpha value is -3.55. The molecule has 2 unspecified atom stereocenters. The highest BCUT2D eigenvalue weighted by Crippen LogP contribution is 2.25. The number of hydrogen-bond acceptors (Lipinski definition) is 5. The Labute approximate surface area is 271 Å². The first-order valence-corrected chi connectivity index (χ1v) is 16.9. The van der Waals surface area contributed by atoms with Crippen LogP contribution in [0.15, 0.2) is 48.5 Å². The maximum Gasteiger partial charge on any atom is 0.408 e. The van der Waals surface area contributed by atoms with E-state index in [2.05, 4.69) is 31.4 Å². The monoisotopic (exact) mass is 623 g/mol. The standard InChI is InChI=1S/C37H57N3O5/c1-7-10-12-13-14-16-26-40(33(34(42)38-25-15-11-8-2)30-21-17-28(9-3)18-22-30)35(43)32(39-36(44)45-37(4,5)6)27-29-19-23-31(41)24-20-29/h17-24,32-33,41H,7-16,25-27H2,1-6H3,(H,38,42)(H,39,44). The van der Waals surface area contributed by atoms with Crippen molar-refractivity contribution in [2.24, 2.45) is 0 Å². The van der Waals surface area contributed by atoms with E-state index in [9.17, 15) is 19.5 Å². The molecule has 0 spiro atoms. The summed E-state index contributed by atoms with van der Waals surface area (Å²) in [5.41, 5.74) is 1.89.